The van der Waals surface area contributed by atoms with Crippen LogP contribution in [0.3, 0.4) is 0 Å². The van der Waals surface area contributed by atoms with Gasteiger partial charge < -0.3 is 15.1 Å². The molecule has 1 unspecified atom stereocenters. The lowest BCUT2D eigenvalue weighted by Crippen LogP contribution is -2.33. The molecule has 172 valence electrons. The number of carbonyl (C=O) groups excluding carboxylic acids is 3. The lowest BCUT2D eigenvalue weighted by molar-refractivity contribution is -0.121. The number of likely N-dealkylation sites (tertiary alicyclic amines) is 1. The molecule has 2 aromatic rings. The maximum atomic E-state index is 12.8. The van der Waals surface area contributed by atoms with Crippen LogP contribution in [0.15, 0.2) is 53.8 Å². The number of pyridine rings is 1. The smallest absolute Gasteiger partial charge is 0.262 e. The summed E-state index contributed by atoms with van der Waals surface area (Å²) in [4.78, 5) is 49.7. The second-order valence-electron chi connectivity index (χ2n) is 8.24. The molecule has 1 aromatic carbocycles. The van der Waals surface area contributed by atoms with E-state index in [1.165, 1.54) is 18.2 Å². The number of amides is 3. The van der Waals surface area contributed by atoms with E-state index in [0.29, 0.717) is 17.8 Å². The van der Waals surface area contributed by atoms with E-state index in [9.17, 15) is 14.4 Å². The van der Waals surface area contributed by atoms with Gasteiger partial charge in [-0.3, -0.25) is 19.4 Å². The molecule has 3 amide bonds. The Morgan fingerprint density at radius 3 is 2.67 bits per heavy atom. The molecule has 0 saturated carbocycles. The zero-order valence-electron chi connectivity index (χ0n) is 18.6. The molecule has 1 atom stereocenters. The summed E-state index contributed by atoms with van der Waals surface area (Å²) in [6, 6.07) is 10.6. The van der Waals surface area contributed by atoms with Gasteiger partial charge in [0.25, 0.3) is 11.8 Å². The maximum absolute atomic E-state index is 12.8. The van der Waals surface area contributed by atoms with Gasteiger partial charge >= 0.3 is 0 Å². The van der Waals surface area contributed by atoms with Crippen molar-refractivity contribution in [3.63, 3.8) is 0 Å². The molecule has 2 aliphatic rings. The molecule has 0 bridgehead atoms. The first-order valence-corrected chi connectivity index (χ1v) is 12.0. The van der Waals surface area contributed by atoms with E-state index in [2.05, 4.69) is 20.2 Å². The van der Waals surface area contributed by atoms with E-state index in [0.717, 1.165) is 36.7 Å². The second-order valence-corrected chi connectivity index (χ2v) is 9.41. The molecule has 1 N–H and O–H groups in total. The molecule has 4 rings (SSSR count). The van der Waals surface area contributed by atoms with E-state index in [-0.39, 0.29) is 24.1 Å². The van der Waals surface area contributed by atoms with Crippen molar-refractivity contribution in [2.45, 2.75) is 37.5 Å². The number of aliphatic imine (C=N–C) groups is 1. The highest BCUT2D eigenvalue weighted by Crippen LogP contribution is 2.29. The minimum absolute atomic E-state index is 0.0461. The number of rotatable bonds is 6. The van der Waals surface area contributed by atoms with Crippen molar-refractivity contribution in [3.8, 4) is 0 Å². The number of benzene rings is 1. The van der Waals surface area contributed by atoms with Crippen LogP contribution in [0, 0.1) is 0 Å². The first kappa shape index (κ1) is 23.0. The van der Waals surface area contributed by atoms with Crippen molar-refractivity contribution in [3.05, 3.63) is 59.9 Å². The van der Waals surface area contributed by atoms with Gasteiger partial charge in [-0.15, -0.1) is 0 Å². The van der Waals surface area contributed by atoms with Crippen LogP contribution in [0.1, 0.15) is 41.6 Å². The Bertz CT molecular complexity index is 1050. The minimum atomic E-state index is -0.502. The third-order valence-electron chi connectivity index (χ3n) is 5.64. The molecule has 0 radical (unpaired) electrons. The molecule has 0 spiro atoms. The van der Waals surface area contributed by atoms with Crippen molar-refractivity contribution in [2.24, 2.45) is 4.99 Å². The topological polar surface area (TPSA) is 95.0 Å². The van der Waals surface area contributed by atoms with E-state index < -0.39 is 5.25 Å². The van der Waals surface area contributed by atoms with Crippen molar-refractivity contribution in [1.82, 2.24) is 14.8 Å². The lowest BCUT2D eigenvalue weighted by atomic mass is 10.1. The number of piperidine rings is 1. The highest BCUT2D eigenvalue weighted by molar-refractivity contribution is 8.15. The van der Waals surface area contributed by atoms with Crippen molar-refractivity contribution in [1.29, 1.82) is 0 Å². The molecular formula is C24H27N5O3S. The van der Waals surface area contributed by atoms with Crippen molar-refractivity contribution < 1.29 is 14.4 Å². The van der Waals surface area contributed by atoms with Gasteiger partial charge in [0, 0.05) is 56.7 Å². The molecule has 9 heteroatoms. The zero-order valence-corrected chi connectivity index (χ0v) is 19.4. The lowest BCUT2D eigenvalue weighted by Gasteiger charge is -2.27. The molecule has 1 saturated heterocycles. The average Bonchev–Trinajstić information content (AvgIpc) is 3.20. The van der Waals surface area contributed by atoms with Gasteiger partial charge in [-0.2, -0.15) is 4.99 Å². The quantitative estimate of drug-likeness (QED) is 0.704. The number of hydrogen-bond donors (Lipinski definition) is 1. The highest BCUT2D eigenvalue weighted by Gasteiger charge is 2.33. The van der Waals surface area contributed by atoms with Crippen LogP contribution in [-0.2, 0) is 16.1 Å². The molecule has 0 aliphatic carbocycles. The summed E-state index contributed by atoms with van der Waals surface area (Å²) in [5.74, 6) is -0.674. The minimum Gasteiger partial charge on any atom is -0.351 e. The van der Waals surface area contributed by atoms with Gasteiger partial charge in [-0.1, -0.05) is 17.8 Å². The predicted octanol–water partition coefficient (Wildman–Crippen LogP) is 3.17. The standard InChI is InChI=1S/C24H27N5O3S/c1-28(16-17-8-10-25-11-9-17)23(32)18-6-5-7-19(14-18)26-21(30)15-20-22(31)27-24(33-20)29-12-3-2-4-13-29/h5-11,14,20H,2-4,12-13,15-16H2,1H3,(H,26,30). The van der Waals surface area contributed by atoms with Crippen molar-refractivity contribution >= 4 is 40.3 Å². The van der Waals surface area contributed by atoms with Crippen LogP contribution < -0.4 is 5.32 Å². The van der Waals surface area contributed by atoms with E-state index in [1.54, 1.807) is 48.6 Å². The summed E-state index contributed by atoms with van der Waals surface area (Å²) in [5, 5.41) is 3.06. The average molecular weight is 466 g/mol. The van der Waals surface area contributed by atoms with Crippen LogP contribution in [0.2, 0.25) is 0 Å². The Kier molecular flexibility index (Phi) is 7.39. The largest absolute Gasteiger partial charge is 0.351 e. The molecule has 1 aromatic heterocycles. The summed E-state index contributed by atoms with van der Waals surface area (Å²) < 4.78 is 0. The summed E-state index contributed by atoms with van der Waals surface area (Å²) >= 11 is 1.38. The van der Waals surface area contributed by atoms with E-state index >= 15 is 0 Å². The fourth-order valence-electron chi connectivity index (χ4n) is 3.89. The number of amidine groups is 1. The molecule has 33 heavy (non-hydrogen) atoms. The fourth-order valence-corrected chi connectivity index (χ4v) is 5.01. The third kappa shape index (κ3) is 5.98. The molecule has 3 heterocycles. The summed E-state index contributed by atoms with van der Waals surface area (Å²) in [5.41, 5.74) is 1.98. The maximum Gasteiger partial charge on any atom is 0.262 e. The normalized spacial score (nSPS) is 18.1. The van der Waals surface area contributed by atoms with Gasteiger partial charge in [0.15, 0.2) is 5.17 Å². The van der Waals surface area contributed by atoms with Crippen LogP contribution in [0.4, 0.5) is 5.69 Å². The molecule has 1 fully saturated rings. The predicted molar refractivity (Wildman–Crippen MR) is 129 cm³/mol. The highest BCUT2D eigenvalue weighted by atomic mass is 32.2. The Morgan fingerprint density at radius 1 is 1.15 bits per heavy atom. The molecular weight excluding hydrogens is 438 g/mol. The van der Waals surface area contributed by atoms with Crippen LogP contribution >= 0.6 is 11.8 Å². The summed E-state index contributed by atoms with van der Waals surface area (Å²) in [6.45, 7) is 2.28. The molecule has 8 nitrogen and oxygen atoms in total. The Morgan fingerprint density at radius 2 is 1.91 bits per heavy atom. The summed E-state index contributed by atoms with van der Waals surface area (Å²) in [7, 11) is 1.73. The number of thioether (sulfide) groups is 1. The van der Waals surface area contributed by atoms with E-state index in [1.807, 2.05) is 12.1 Å². The number of nitrogens with zero attached hydrogens (tertiary/aromatic N) is 4. The van der Waals surface area contributed by atoms with Crippen LogP contribution in [0.25, 0.3) is 0 Å². The van der Waals surface area contributed by atoms with Gasteiger partial charge in [-0.05, 0) is 55.2 Å². The zero-order chi connectivity index (χ0) is 23.2. The van der Waals surface area contributed by atoms with Crippen molar-refractivity contribution in [2.75, 3.05) is 25.5 Å². The van der Waals surface area contributed by atoms with E-state index in [4.69, 9.17) is 0 Å². The third-order valence-corrected chi connectivity index (χ3v) is 6.85. The Hall–Kier alpha value is -3.20. The number of carbonyl (C=O) groups is 3. The van der Waals surface area contributed by atoms with Gasteiger partial charge in [0.2, 0.25) is 5.91 Å². The van der Waals surface area contributed by atoms with Crippen LogP contribution in [-0.4, -0.2) is 63.1 Å². The van der Waals surface area contributed by atoms with Gasteiger partial charge in [0.1, 0.15) is 5.25 Å². The number of anilines is 1. The van der Waals surface area contributed by atoms with Gasteiger partial charge in [0.05, 0.1) is 0 Å². The van der Waals surface area contributed by atoms with Crippen LogP contribution in [0.5, 0.6) is 0 Å². The summed E-state index contributed by atoms with van der Waals surface area (Å²) in [6.07, 6.45) is 6.84. The number of aromatic nitrogens is 1. The number of nitrogens with one attached hydrogen (secondary N) is 1. The monoisotopic (exact) mass is 465 g/mol. The first-order valence-electron chi connectivity index (χ1n) is 11.1. The van der Waals surface area contributed by atoms with Gasteiger partial charge in [-0.25, -0.2) is 0 Å². The number of hydrogen-bond acceptors (Lipinski definition) is 6. The second kappa shape index (κ2) is 10.6. The Labute approximate surface area is 197 Å². The Balaban J connectivity index is 1.32. The first-order chi connectivity index (χ1) is 16.0. The molecule has 2 aliphatic heterocycles. The SMILES string of the molecule is CN(Cc1ccncc1)C(=O)c1cccc(NC(=O)CC2SC(N3CCCCC3)=NC2=O)c1. The fraction of sp³-hybridized carbons (Fsp3) is 0.375.